The normalized spacial score (nSPS) is 10.3. The Morgan fingerprint density at radius 2 is 1.74 bits per heavy atom. The maximum atomic E-state index is 12.4. The third-order valence-electron chi connectivity index (χ3n) is 3.76. The van der Waals surface area contributed by atoms with Crippen molar-refractivity contribution in [1.29, 1.82) is 0 Å². The number of aromatic nitrogens is 2. The number of para-hydroxylation sites is 1. The summed E-state index contributed by atoms with van der Waals surface area (Å²) in [5, 5.41) is 6.86. The molecule has 0 aliphatic heterocycles. The molecule has 0 unspecified atom stereocenters. The number of carbonyl (C=O) groups is 1. The van der Waals surface area contributed by atoms with Gasteiger partial charge in [0, 0.05) is 11.8 Å². The summed E-state index contributed by atoms with van der Waals surface area (Å²) >= 11 is 0. The molecule has 138 valence electrons. The van der Waals surface area contributed by atoms with Crippen LogP contribution in [0.1, 0.15) is 10.5 Å². The second kappa shape index (κ2) is 8.66. The van der Waals surface area contributed by atoms with E-state index in [0.29, 0.717) is 17.2 Å². The summed E-state index contributed by atoms with van der Waals surface area (Å²) in [6.45, 7) is 0.498. The molecule has 1 aromatic heterocycles. The number of nitrogens with zero attached hydrogens (tertiary/aromatic N) is 2. The summed E-state index contributed by atoms with van der Waals surface area (Å²) in [5.74, 6) is 0.995. The van der Waals surface area contributed by atoms with Crippen molar-refractivity contribution < 1.29 is 14.3 Å². The summed E-state index contributed by atoms with van der Waals surface area (Å²) in [7, 11) is 1.57. The number of methoxy groups -OCH3 is 1. The van der Waals surface area contributed by atoms with Crippen LogP contribution in [-0.4, -0.2) is 29.4 Å². The van der Waals surface area contributed by atoms with Gasteiger partial charge < -0.3 is 14.8 Å². The van der Waals surface area contributed by atoms with Gasteiger partial charge in [-0.1, -0.05) is 18.2 Å². The van der Waals surface area contributed by atoms with Crippen molar-refractivity contribution in [3.63, 3.8) is 0 Å². The molecule has 1 amide bonds. The van der Waals surface area contributed by atoms with Gasteiger partial charge in [0.15, 0.2) is 0 Å². The van der Waals surface area contributed by atoms with Crippen LogP contribution >= 0.6 is 0 Å². The van der Waals surface area contributed by atoms with Crippen molar-refractivity contribution >= 4 is 11.6 Å². The molecule has 3 rings (SSSR count). The van der Waals surface area contributed by atoms with Gasteiger partial charge in [0.2, 0.25) is 0 Å². The Kier molecular flexibility index (Phi) is 5.84. The molecule has 0 bridgehead atoms. The Balaban J connectivity index is 1.64. The van der Waals surface area contributed by atoms with E-state index in [9.17, 15) is 9.59 Å². The summed E-state index contributed by atoms with van der Waals surface area (Å²) in [6.07, 6.45) is 0. The van der Waals surface area contributed by atoms with E-state index in [0.717, 1.165) is 0 Å². The lowest BCUT2D eigenvalue weighted by molar-refractivity contribution is 0.101. The number of amides is 1. The van der Waals surface area contributed by atoms with Crippen LogP contribution in [0.3, 0.4) is 0 Å². The first-order valence-electron chi connectivity index (χ1n) is 8.37. The van der Waals surface area contributed by atoms with Gasteiger partial charge in [0.1, 0.15) is 23.8 Å². The minimum atomic E-state index is -0.405. The topological polar surface area (TPSA) is 82.5 Å². The number of hydrogen-bond donors (Lipinski definition) is 1. The molecule has 0 saturated heterocycles. The predicted octanol–water partition coefficient (Wildman–Crippen LogP) is 2.58. The lowest BCUT2D eigenvalue weighted by Crippen LogP contribution is -2.28. The average Bonchev–Trinajstić information content (AvgIpc) is 2.70. The fraction of sp³-hybridized carbons (Fsp3) is 0.150. The van der Waals surface area contributed by atoms with Crippen molar-refractivity contribution in [3.8, 4) is 11.5 Å². The summed E-state index contributed by atoms with van der Waals surface area (Å²) in [5.41, 5.74) is 0.450. The second-order valence-corrected chi connectivity index (χ2v) is 5.62. The molecule has 0 saturated carbocycles. The highest BCUT2D eigenvalue weighted by molar-refractivity contribution is 6.02. The van der Waals surface area contributed by atoms with E-state index in [2.05, 4.69) is 10.4 Å². The lowest BCUT2D eigenvalue weighted by Gasteiger charge is -2.09. The van der Waals surface area contributed by atoms with E-state index in [1.165, 1.54) is 16.8 Å². The first kappa shape index (κ1) is 18.2. The SMILES string of the molecule is COc1ccc(NC(=O)c2ccc(=O)n(CCOc3ccccc3)n2)cc1. The zero-order valence-corrected chi connectivity index (χ0v) is 14.8. The molecule has 0 spiro atoms. The number of benzene rings is 2. The van der Waals surface area contributed by atoms with Crippen LogP contribution in [0.5, 0.6) is 11.5 Å². The van der Waals surface area contributed by atoms with E-state index in [4.69, 9.17) is 9.47 Å². The third-order valence-corrected chi connectivity index (χ3v) is 3.76. The average molecular weight is 365 g/mol. The Labute approximate surface area is 156 Å². The minimum Gasteiger partial charge on any atom is -0.497 e. The quantitative estimate of drug-likeness (QED) is 0.696. The van der Waals surface area contributed by atoms with E-state index < -0.39 is 5.91 Å². The Bertz CT molecular complexity index is 953. The number of nitrogens with one attached hydrogen (secondary N) is 1. The smallest absolute Gasteiger partial charge is 0.276 e. The van der Waals surface area contributed by atoms with Crippen LogP contribution in [0, 0.1) is 0 Å². The first-order chi connectivity index (χ1) is 13.2. The predicted molar refractivity (Wildman–Crippen MR) is 101 cm³/mol. The largest absolute Gasteiger partial charge is 0.497 e. The van der Waals surface area contributed by atoms with E-state index in [1.54, 1.807) is 31.4 Å². The Hall–Kier alpha value is -3.61. The molecule has 0 radical (unpaired) electrons. The molecule has 3 aromatic rings. The van der Waals surface area contributed by atoms with Crippen LogP contribution < -0.4 is 20.3 Å². The third kappa shape index (κ3) is 4.94. The van der Waals surface area contributed by atoms with Crippen LogP contribution in [0.4, 0.5) is 5.69 Å². The number of ether oxygens (including phenoxy) is 2. The number of hydrogen-bond acceptors (Lipinski definition) is 5. The first-order valence-corrected chi connectivity index (χ1v) is 8.37. The van der Waals surface area contributed by atoms with Gasteiger partial charge in [-0.15, -0.1) is 0 Å². The highest BCUT2D eigenvalue weighted by Crippen LogP contribution is 2.15. The zero-order valence-electron chi connectivity index (χ0n) is 14.8. The van der Waals surface area contributed by atoms with Crippen LogP contribution in [-0.2, 0) is 6.54 Å². The maximum absolute atomic E-state index is 12.4. The van der Waals surface area contributed by atoms with Crippen molar-refractivity contribution in [2.45, 2.75) is 6.54 Å². The Morgan fingerprint density at radius 1 is 1.00 bits per heavy atom. The summed E-state index contributed by atoms with van der Waals surface area (Å²) < 4.78 is 11.9. The number of carbonyl (C=O) groups excluding carboxylic acids is 1. The molecule has 1 N–H and O–H groups in total. The molecule has 27 heavy (non-hydrogen) atoms. The molecule has 0 aliphatic rings. The molecular formula is C20H19N3O4. The van der Waals surface area contributed by atoms with Crippen LogP contribution in [0.25, 0.3) is 0 Å². The molecule has 2 aromatic carbocycles. The van der Waals surface area contributed by atoms with Gasteiger partial charge in [0.25, 0.3) is 11.5 Å². The van der Waals surface area contributed by atoms with Crippen molar-refractivity contribution in [1.82, 2.24) is 9.78 Å². The molecule has 0 atom stereocenters. The fourth-order valence-corrected chi connectivity index (χ4v) is 2.37. The number of anilines is 1. The summed E-state index contributed by atoms with van der Waals surface area (Å²) in [4.78, 5) is 24.3. The summed E-state index contributed by atoms with van der Waals surface area (Å²) in [6, 6.07) is 18.9. The Morgan fingerprint density at radius 3 is 2.44 bits per heavy atom. The van der Waals surface area contributed by atoms with Crippen molar-refractivity contribution in [2.75, 3.05) is 19.0 Å². The van der Waals surface area contributed by atoms with Gasteiger partial charge in [-0.2, -0.15) is 5.10 Å². The fourth-order valence-electron chi connectivity index (χ4n) is 2.37. The van der Waals surface area contributed by atoms with E-state index in [1.807, 2.05) is 30.3 Å². The standard InChI is InChI=1S/C20H19N3O4/c1-26-16-9-7-15(8-10-16)21-20(25)18-11-12-19(24)23(22-18)13-14-27-17-5-3-2-4-6-17/h2-12H,13-14H2,1H3,(H,21,25). The molecule has 0 fully saturated rings. The lowest BCUT2D eigenvalue weighted by atomic mass is 10.3. The monoisotopic (exact) mass is 365 g/mol. The zero-order chi connectivity index (χ0) is 19.1. The second-order valence-electron chi connectivity index (χ2n) is 5.62. The molecule has 1 heterocycles. The molecule has 7 heteroatoms. The van der Waals surface area contributed by atoms with Gasteiger partial charge in [0.05, 0.1) is 13.7 Å². The highest BCUT2D eigenvalue weighted by Gasteiger charge is 2.10. The van der Waals surface area contributed by atoms with Gasteiger partial charge >= 0.3 is 0 Å². The van der Waals surface area contributed by atoms with E-state index >= 15 is 0 Å². The van der Waals surface area contributed by atoms with Gasteiger partial charge in [-0.05, 0) is 42.5 Å². The number of rotatable bonds is 7. The molecule has 7 nitrogen and oxygen atoms in total. The maximum Gasteiger partial charge on any atom is 0.276 e. The molecular weight excluding hydrogens is 346 g/mol. The van der Waals surface area contributed by atoms with Gasteiger partial charge in [-0.3, -0.25) is 9.59 Å². The highest BCUT2D eigenvalue weighted by atomic mass is 16.5. The van der Waals surface area contributed by atoms with Gasteiger partial charge in [-0.25, -0.2) is 4.68 Å². The molecule has 0 aliphatic carbocycles. The van der Waals surface area contributed by atoms with Crippen LogP contribution in [0.15, 0.2) is 71.5 Å². The minimum absolute atomic E-state index is 0.144. The van der Waals surface area contributed by atoms with Crippen LogP contribution in [0.2, 0.25) is 0 Å². The van der Waals surface area contributed by atoms with Crippen molar-refractivity contribution in [3.05, 3.63) is 82.8 Å². The van der Waals surface area contributed by atoms with E-state index in [-0.39, 0.29) is 24.4 Å². The van der Waals surface area contributed by atoms with Crippen molar-refractivity contribution in [2.24, 2.45) is 0 Å².